The highest BCUT2D eigenvalue weighted by Crippen LogP contribution is 2.28. The molecule has 32 heavy (non-hydrogen) atoms. The van der Waals surface area contributed by atoms with Gasteiger partial charge in [0.25, 0.3) is 0 Å². The average molecular weight is 475 g/mol. The molecule has 9 heteroatoms. The van der Waals surface area contributed by atoms with Crippen LogP contribution in [0.4, 0.5) is 5.69 Å². The van der Waals surface area contributed by atoms with Crippen molar-refractivity contribution in [1.82, 2.24) is 14.8 Å². The standard InChI is InChI=1S/C23H27ClN4O3S/c1-14(2)28-22(16(4)31-19-10-8-18(30-5)9-11-19)26-27-23(28)32-13-21(29)25-20-12-17(24)7-6-15(20)3/h6-12,14,16H,13H2,1-5H3,(H,25,29). The Morgan fingerprint density at radius 2 is 1.81 bits per heavy atom. The summed E-state index contributed by atoms with van der Waals surface area (Å²) in [6.45, 7) is 7.94. The predicted molar refractivity (Wildman–Crippen MR) is 128 cm³/mol. The van der Waals surface area contributed by atoms with Crippen LogP contribution >= 0.6 is 23.4 Å². The van der Waals surface area contributed by atoms with E-state index in [0.717, 1.165) is 11.3 Å². The van der Waals surface area contributed by atoms with E-state index in [2.05, 4.69) is 15.5 Å². The Morgan fingerprint density at radius 1 is 1.12 bits per heavy atom. The second-order valence-corrected chi connectivity index (χ2v) is 8.92. The fourth-order valence-corrected chi connectivity index (χ4v) is 4.15. The molecule has 1 atom stereocenters. The molecule has 170 valence electrons. The second-order valence-electron chi connectivity index (χ2n) is 7.54. The molecule has 1 heterocycles. The first-order valence-electron chi connectivity index (χ1n) is 10.2. The third kappa shape index (κ3) is 5.95. The molecule has 1 unspecified atom stereocenters. The molecule has 0 aliphatic rings. The van der Waals surface area contributed by atoms with Crippen molar-refractivity contribution in [3.63, 3.8) is 0 Å². The number of methoxy groups -OCH3 is 1. The molecule has 2 aromatic carbocycles. The van der Waals surface area contributed by atoms with Gasteiger partial charge in [-0.3, -0.25) is 4.79 Å². The van der Waals surface area contributed by atoms with Crippen molar-refractivity contribution < 1.29 is 14.3 Å². The Morgan fingerprint density at radius 3 is 2.47 bits per heavy atom. The summed E-state index contributed by atoms with van der Waals surface area (Å²) in [5.41, 5.74) is 1.65. The van der Waals surface area contributed by atoms with Crippen molar-refractivity contribution in [1.29, 1.82) is 0 Å². The number of rotatable bonds is 9. The highest BCUT2D eigenvalue weighted by molar-refractivity contribution is 7.99. The van der Waals surface area contributed by atoms with E-state index in [0.29, 0.717) is 27.4 Å². The van der Waals surface area contributed by atoms with Gasteiger partial charge in [-0.15, -0.1) is 10.2 Å². The maximum Gasteiger partial charge on any atom is 0.234 e. The van der Waals surface area contributed by atoms with Gasteiger partial charge in [-0.05, 0) is 69.7 Å². The summed E-state index contributed by atoms with van der Waals surface area (Å²) in [5.74, 6) is 2.24. The van der Waals surface area contributed by atoms with Gasteiger partial charge >= 0.3 is 0 Å². The first kappa shape index (κ1) is 23.9. The molecule has 3 aromatic rings. The Hall–Kier alpha value is -2.71. The van der Waals surface area contributed by atoms with Crippen molar-refractivity contribution in [2.24, 2.45) is 0 Å². The smallest absolute Gasteiger partial charge is 0.234 e. The number of hydrogen-bond acceptors (Lipinski definition) is 6. The number of carbonyl (C=O) groups is 1. The van der Waals surface area contributed by atoms with Crippen LogP contribution in [0.2, 0.25) is 5.02 Å². The highest BCUT2D eigenvalue weighted by atomic mass is 35.5. The third-order valence-electron chi connectivity index (χ3n) is 4.75. The van der Waals surface area contributed by atoms with E-state index in [1.54, 1.807) is 19.2 Å². The van der Waals surface area contributed by atoms with Crippen molar-refractivity contribution >= 4 is 35.0 Å². The Labute approximate surface area is 197 Å². The highest BCUT2D eigenvalue weighted by Gasteiger charge is 2.22. The summed E-state index contributed by atoms with van der Waals surface area (Å²) >= 11 is 7.37. The number of aromatic nitrogens is 3. The summed E-state index contributed by atoms with van der Waals surface area (Å²) in [6, 6.07) is 12.9. The molecular formula is C23H27ClN4O3S. The van der Waals surface area contributed by atoms with E-state index >= 15 is 0 Å². The quantitative estimate of drug-likeness (QED) is 0.401. The number of halogens is 1. The number of nitrogens with one attached hydrogen (secondary N) is 1. The number of aryl methyl sites for hydroxylation is 1. The van der Waals surface area contributed by atoms with Gasteiger partial charge in [0.2, 0.25) is 5.91 Å². The largest absolute Gasteiger partial charge is 0.497 e. The lowest BCUT2D eigenvalue weighted by Crippen LogP contribution is -2.17. The zero-order chi connectivity index (χ0) is 23.3. The van der Waals surface area contributed by atoms with Crippen LogP contribution in [0.3, 0.4) is 0 Å². The summed E-state index contributed by atoms with van der Waals surface area (Å²) in [5, 5.41) is 12.8. The summed E-state index contributed by atoms with van der Waals surface area (Å²) in [7, 11) is 1.62. The molecule has 7 nitrogen and oxygen atoms in total. The molecule has 0 saturated carbocycles. The lowest BCUT2D eigenvalue weighted by Gasteiger charge is -2.19. The van der Waals surface area contributed by atoms with Crippen molar-refractivity contribution in [3.05, 3.63) is 58.9 Å². The van der Waals surface area contributed by atoms with Gasteiger partial charge in [-0.2, -0.15) is 0 Å². The third-order valence-corrected chi connectivity index (χ3v) is 5.93. The number of nitrogens with zero attached hydrogens (tertiary/aromatic N) is 3. The van der Waals surface area contributed by atoms with Gasteiger partial charge in [0.1, 0.15) is 11.5 Å². The number of amides is 1. The normalized spacial score (nSPS) is 12.0. The number of hydrogen-bond donors (Lipinski definition) is 1. The summed E-state index contributed by atoms with van der Waals surface area (Å²) in [4.78, 5) is 12.5. The molecule has 0 spiro atoms. The second kappa shape index (κ2) is 10.7. The van der Waals surface area contributed by atoms with Crippen molar-refractivity contribution in [2.75, 3.05) is 18.2 Å². The zero-order valence-electron chi connectivity index (χ0n) is 18.8. The minimum atomic E-state index is -0.324. The number of thioether (sulfide) groups is 1. The van der Waals surface area contributed by atoms with Gasteiger partial charge in [0, 0.05) is 16.8 Å². The molecule has 1 aromatic heterocycles. The lowest BCUT2D eigenvalue weighted by molar-refractivity contribution is -0.113. The molecule has 0 aliphatic carbocycles. The molecule has 1 N–H and O–H groups in total. The van der Waals surface area contributed by atoms with Gasteiger partial charge in [0.15, 0.2) is 17.1 Å². The molecular weight excluding hydrogens is 448 g/mol. The van der Waals surface area contributed by atoms with Crippen LogP contribution in [0.15, 0.2) is 47.6 Å². The van der Waals surface area contributed by atoms with Crippen LogP contribution in [-0.4, -0.2) is 33.5 Å². The first-order valence-corrected chi connectivity index (χ1v) is 11.6. The van der Waals surface area contributed by atoms with Crippen molar-refractivity contribution in [3.8, 4) is 11.5 Å². The number of carbonyl (C=O) groups excluding carboxylic acids is 1. The van der Waals surface area contributed by atoms with Crippen LogP contribution in [0.25, 0.3) is 0 Å². The summed E-state index contributed by atoms with van der Waals surface area (Å²) < 4.78 is 13.2. The minimum absolute atomic E-state index is 0.0997. The van der Waals surface area contributed by atoms with E-state index in [-0.39, 0.29) is 23.8 Å². The van der Waals surface area contributed by atoms with E-state index in [9.17, 15) is 4.79 Å². The van der Waals surface area contributed by atoms with Crippen LogP contribution in [0.1, 0.15) is 44.3 Å². The van der Waals surface area contributed by atoms with Gasteiger partial charge in [0.05, 0.1) is 12.9 Å². The van der Waals surface area contributed by atoms with E-state index in [4.69, 9.17) is 21.1 Å². The lowest BCUT2D eigenvalue weighted by atomic mass is 10.2. The van der Waals surface area contributed by atoms with Gasteiger partial charge in [-0.1, -0.05) is 29.4 Å². The molecule has 0 radical (unpaired) electrons. The fourth-order valence-electron chi connectivity index (χ4n) is 3.11. The van der Waals surface area contributed by atoms with Crippen molar-refractivity contribution in [2.45, 2.75) is 45.0 Å². The average Bonchev–Trinajstić information content (AvgIpc) is 3.20. The number of benzene rings is 2. The molecule has 1 amide bonds. The molecule has 0 bridgehead atoms. The van der Waals surface area contributed by atoms with Gasteiger partial charge in [-0.25, -0.2) is 0 Å². The number of ether oxygens (including phenoxy) is 2. The Balaban J connectivity index is 1.68. The number of anilines is 1. The van der Waals surface area contributed by atoms with Crippen LogP contribution in [0.5, 0.6) is 11.5 Å². The minimum Gasteiger partial charge on any atom is -0.497 e. The predicted octanol–water partition coefficient (Wildman–Crippen LogP) is 5.70. The van der Waals surface area contributed by atoms with Crippen LogP contribution in [0, 0.1) is 6.92 Å². The summed E-state index contributed by atoms with van der Waals surface area (Å²) in [6.07, 6.45) is -0.324. The van der Waals surface area contributed by atoms with E-state index < -0.39 is 0 Å². The first-order chi connectivity index (χ1) is 15.3. The maximum atomic E-state index is 12.5. The maximum absolute atomic E-state index is 12.5. The molecule has 0 saturated heterocycles. The zero-order valence-corrected chi connectivity index (χ0v) is 20.3. The van der Waals surface area contributed by atoms with Crippen LogP contribution in [-0.2, 0) is 4.79 Å². The SMILES string of the molecule is COc1ccc(OC(C)c2nnc(SCC(=O)Nc3cc(Cl)ccc3C)n2C(C)C)cc1. The molecule has 0 fully saturated rings. The Kier molecular flexibility index (Phi) is 8.04. The molecule has 0 aliphatic heterocycles. The molecule has 3 rings (SSSR count). The monoisotopic (exact) mass is 474 g/mol. The fraction of sp³-hybridized carbons (Fsp3) is 0.348. The van der Waals surface area contributed by atoms with Crippen LogP contribution < -0.4 is 14.8 Å². The topological polar surface area (TPSA) is 78.3 Å². The van der Waals surface area contributed by atoms with E-state index in [1.807, 2.05) is 62.6 Å². The van der Waals surface area contributed by atoms with Gasteiger partial charge < -0.3 is 19.4 Å². The van der Waals surface area contributed by atoms with E-state index in [1.165, 1.54) is 11.8 Å². The Bertz CT molecular complexity index is 1070.